The summed E-state index contributed by atoms with van der Waals surface area (Å²) in [7, 11) is 2.08. The number of fused-ring (bicyclic) bond motifs is 1. The first kappa shape index (κ1) is 15.4. The molecule has 0 fully saturated rings. The zero-order chi connectivity index (χ0) is 15.6. The molecule has 2 aromatic rings. The van der Waals surface area contributed by atoms with Crippen molar-refractivity contribution in [3.8, 4) is 0 Å². The minimum atomic E-state index is -0.209. The number of carbonyl (C=O) groups is 1. The molecular formula is C17H25N3O. The Morgan fingerprint density at radius 3 is 2.57 bits per heavy atom. The molecule has 4 heteroatoms. The summed E-state index contributed by atoms with van der Waals surface area (Å²) in [5, 5.41) is 7.11. The lowest BCUT2D eigenvalue weighted by Gasteiger charge is -2.20. The van der Waals surface area contributed by atoms with Gasteiger partial charge in [0.2, 0.25) is 0 Å². The highest BCUT2D eigenvalue weighted by Gasteiger charge is 2.14. The van der Waals surface area contributed by atoms with Crippen molar-refractivity contribution in [3.05, 3.63) is 35.5 Å². The van der Waals surface area contributed by atoms with E-state index >= 15 is 0 Å². The molecule has 1 aromatic carbocycles. The van der Waals surface area contributed by atoms with Crippen molar-refractivity contribution in [2.45, 2.75) is 39.7 Å². The molecule has 2 N–H and O–H groups in total. The topological polar surface area (TPSA) is 46.1 Å². The Bertz CT molecular complexity index is 650. The number of amides is 2. The highest BCUT2D eigenvalue weighted by atomic mass is 16.2. The van der Waals surface area contributed by atoms with Crippen LogP contribution in [-0.2, 0) is 13.5 Å². The van der Waals surface area contributed by atoms with Gasteiger partial charge in [-0.05, 0) is 45.7 Å². The SMILES string of the molecule is Cc1c(CCNC(=O)NC(C)(C)C)c2ccccc2n1C. The maximum atomic E-state index is 11.8. The highest BCUT2D eigenvalue weighted by Crippen LogP contribution is 2.24. The molecule has 0 saturated carbocycles. The molecule has 0 bridgehead atoms. The first-order valence-corrected chi connectivity index (χ1v) is 7.38. The molecule has 0 radical (unpaired) electrons. The van der Waals surface area contributed by atoms with Crippen LogP contribution in [0.4, 0.5) is 4.79 Å². The van der Waals surface area contributed by atoms with Crippen LogP contribution in [0.15, 0.2) is 24.3 Å². The van der Waals surface area contributed by atoms with E-state index in [0.29, 0.717) is 6.54 Å². The highest BCUT2D eigenvalue weighted by molar-refractivity contribution is 5.85. The average Bonchev–Trinajstić information content (AvgIpc) is 2.62. The van der Waals surface area contributed by atoms with E-state index < -0.39 is 0 Å². The Labute approximate surface area is 126 Å². The quantitative estimate of drug-likeness (QED) is 0.895. The largest absolute Gasteiger partial charge is 0.348 e. The van der Waals surface area contributed by atoms with Crippen LogP contribution in [0.1, 0.15) is 32.0 Å². The van der Waals surface area contributed by atoms with E-state index in [1.165, 1.54) is 22.2 Å². The number of para-hydroxylation sites is 1. The average molecular weight is 287 g/mol. The second-order valence-corrected chi connectivity index (χ2v) is 6.52. The minimum absolute atomic E-state index is 0.111. The van der Waals surface area contributed by atoms with Crippen molar-refractivity contribution in [1.82, 2.24) is 15.2 Å². The minimum Gasteiger partial charge on any atom is -0.348 e. The Kier molecular flexibility index (Phi) is 4.26. The zero-order valence-electron chi connectivity index (χ0n) is 13.6. The lowest BCUT2D eigenvalue weighted by molar-refractivity contribution is 0.232. The lowest BCUT2D eigenvalue weighted by Crippen LogP contribution is -2.46. The van der Waals surface area contributed by atoms with Gasteiger partial charge in [-0.2, -0.15) is 0 Å². The molecule has 21 heavy (non-hydrogen) atoms. The second kappa shape index (κ2) is 5.80. The Balaban J connectivity index is 2.05. The molecule has 2 rings (SSSR count). The van der Waals surface area contributed by atoms with Crippen LogP contribution in [-0.4, -0.2) is 22.7 Å². The first-order chi connectivity index (χ1) is 9.79. The van der Waals surface area contributed by atoms with Crippen LogP contribution >= 0.6 is 0 Å². The summed E-state index contributed by atoms with van der Waals surface area (Å²) in [5.41, 5.74) is 3.60. The van der Waals surface area contributed by atoms with Crippen LogP contribution in [0.3, 0.4) is 0 Å². The van der Waals surface area contributed by atoms with Crippen molar-refractivity contribution >= 4 is 16.9 Å². The Morgan fingerprint density at radius 2 is 1.90 bits per heavy atom. The molecule has 2 amide bonds. The Morgan fingerprint density at radius 1 is 1.24 bits per heavy atom. The summed E-state index contributed by atoms with van der Waals surface area (Å²) in [6.45, 7) is 8.69. The third-order valence-electron chi connectivity index (χ3n) is 3.68. The van der Waals surface area contributed by atoms with E-state index in [0.717, 1.165) is 6.42 Å². The summed E-state index contributed by atoms with van der Waals surface area (Å²) in [6.07, 6.45) is 0.838. The molecule has 1 aromatic heterocycles. The zero-order valence-corrected chi connectivity index (χ0v) is 13.6. The van der Waals surface area contributed by atoms with Crippen molar-refractivity contribution in [1.29, 1.82) is 0 Å². The molecule has 0 aliphatic rings. The summed E-state index contributed by atoms with van der Waals surface area (Å²) in [5.74, 6) is 0. The van der Waals surface area contributed by atoms with E-state index in [9.17, 15) is 4.79 Å². The number of carbonyl (C=O) groups excluding carboxylic acids is 1. The maximum Gasteiger partial charge on any atom is 0.315 e. The molecule has 0 spiro atoms. The van der Waals surface area contributed by atoms with Crippen LogP contribution < -0.4 is 10.6 Å². The number of urea groups is 1. The fourth-order valence-corrected chi connectivity index (χ4v) is 2.60. The smallest absolute Gasteiger partial charge is 0.315 e. The molecule has 0 aliphatic heterocycles. The lowest BCUT2D eigenvalue weighted by atomic mass is 10.1. The first-order valence-electron chi connectivity index (χ1n) is 7.38. The van der Waals surface area contributed by atoms with Gasteiger partial charge in [-0.25, -0.2) is 4.79 Å². The number of benzene rings is 1. The van der Waals surface area contributed by atoms with Gasteiger partial charge in [0.1, 0.15) is 0 Å². The van der Waals surface area contributed by atoms with Gasteiger partial charge in [0, 0.05) is 35.7 Å². The Hall–Kier alpha value is -1.97. The third kappa shape index (κ3) is 3.57. The molecule has 0 unspecified atom stereocenters. The predicted octanol–water partition coefficient (Wildman–Crippen LogP) is 3.13. The van der Waals surface area contributed by atoms with E-state index in [4.69, 9.17) is 0 Å². The summed E-state index contributed by atoms with van der Waals surface area (Å²) < 4.78 is 2.21. The van der Waals surface area contributed by atoms with Crippen LogP contribution in [0.25, 0.3) is 10.9 Å². The molecule has 0 saturated heterocycles. The fraction of sp³-hybridized carbons (Fsp3) is 0.471. The van der Waals surface area contributed by atoms with Crippen LogP contribution in [0.2, 0.25) is 0 Å². The van der Waals surface area contributed by atoms with E-state index in [1.54, 1.807) is 0 Å². The van der Waals surface area contributed by atoms with Gasteiger partial charge in [0.05, 0.1) is 0 Å². The fourth-order valence-electron chi connectivity index (χ4n) is 2.60. The molecule has 0 atom stereocenters. The van der Waals surface area contributed by atoms with Gasteiger partial charge in [-0.15, -0.1) is 0 Å². The number of aromatic nitrogens is 1. The summed E-state index contributed by atoms with van der Waals surface area (Å²) >= 11 is 0. The van der Waals surface area contributed by atoms with Gasteiger partial charge in [-0.3, -0.25) is 0 Å². The maximum absolute atomic E-state index is 11.8. The van der Waals surface area contributed by atoms with E-state index in [1.807, 2.05) is 20.8 Å². The molecule has 0 aliphatic carbocycles. The van der Waals surface area contributed by atoms with Crippen LogP contribution in [0.5, 0.6) is 0 Å². The second-order valence-electron chi connectivity index (χ2n) is 6.52. The van der Waals surface area contributed by atoms with Gasteiger partial charge >= 0.3 is 6.03 Å². The van der Waals surface area contributed by atoms with Gasteiger partial charge in [-0.1, -0.05) is 18.2 Å². The summed E-state index contributed by atoms with van der Waals surface area (Å²) in [6, 6.07) is 8.28. The molecule has 114 valence electrons. The van der Waals surface area contributed by atoms with E-state index in [-0.39, 0.29) is 11.6 Å². The van der Waals surface area contributed by atoms with Gasteiger partial charge < -0.3 is 15.2 Å². The number of hydrogen-bond acceptors (Lipinski definition) is 1. The van der Waals surface area contributed by atoms with Crippen molar-refractivity contribution in [2.75, 3.05) is 6.54 Å². The third-order valence-corrected chi connectivity index (χ3v) is 3.68. The van der Waals surface area contributed by atoms with E-state index in [2.05, 4.69) is 53.4 Å². The molecule has 4 nitrogen and oxygen atoms in total. The van der Waals surface area contributed by atoms with Crippen molar-refractivity contribution in [3.63, 3.8) is 0 Å². The number of aryl methyl sites for hydroxylation is 1. The molecular weight excluding hydrogens is 262 g/mol. The van der Waals surface area contributed by atoms with Gasteiger partial charge in [0.15, 0.2) is 0 Å². The normalized spacial score (nSPS) is 11.7. The standard InChI is InChI=1S/C17H25N3O/c1-12-13(10-11-18-16(21)19-17(2,3)4)14-8-6-7-9-15(14)20(12)5/h6-9H,10-11H2,1-5H3,(H2,18,19,21). The van der Waals surface area contributed by atoms with Crippen molar-refractivity contribution in [2.24, 2.45) is 7.05 Å². The number of hydrogen-bond donors (Lipinski definition) is 2. The monoisotopic (exact) mass is 287 g/mol. The number of nitrogens with one attached hydrogen (secondary N) is 2. The molecule has 1 heterocycles. The van der Waals surface area contributed by atoms with Gasteiger partial charge in [0.25, 0.3) is 0 Å². The number of nitrogens with zero attached hydrogens (tertiary/aromatic N) is 1. The van der Waals surface area contributed by atoms with Crippen molar-refractivity contribution < 1.29 is 4.79 Å². The number of rotatable bonds is 3. The van der Waals surface area contributed by atoms with Crippen LogP contribution in [0, 0.1) is 6.92 Å². The predicted molar refractivity (Wildman–Crippen MR) is 87.6 cm³/mol. The summed E-state index contributed by atoms with van der Waals surface area (Å²) in [4.78, 5) is 11.8.